The highest BCUT2D eigenvalue weighted by Gasteiger charge is 2.12. The van der Waals surface area contributed by atoms with E-state index in [9.17, 15) is 4.79 Å². The summed E-state index contributed by atoms with van der Waals surface area (Å²) in [6.07, 6.45) is 2.62. The van der Waals surface area contributed by atoms with Gasteiger partial charge in [0.25, 0.3) is 0 Å². The van der Waals surface area contributed by atoms with E-state index in [-0.39, 0.29) is 0 Å². The number of hydrogen-bond acceptors (Lipinski definition) is 1. The molecule has 0 aliphatic rings. The molecule has 2 rings (SSSR count). The molecule has 2 nitrogen and oxygen atoms in total. The number of rotatable bonds is 3. The molecule has 0 radical (unpaired) electrons. The number of aldehydes is 1. The lowest BCUT2D eigenvalue weighted by molar-refractivity contribution is 0.111. The van der Waals surface area contributed by atoms with E-state index >= 15 is 0 Å². The molecule has 1 heterocycles. The van der Waals surface area contributed by atoms with Crippen molar-refractivity contribution in [2.24, 2.45) is 0 Å². The maximum absolute atomic E-state index is 10.9. The molecule has 2 aromatic rings. The molecule has 0 fully saturated rings. The van der Waals surface area contributed by atoms with Gasteiger partial charge in [0.15, 0.2) is 6.29 Å². The van der Waals surface area contributed by atoms with E-state index in [1.165, 1.54) is 0 Å². The lowest BCUT2D eigenvalue weighted by Gasteiger charge is -2.00. The normalized spacial score (nSPS) is 10.1. The number of aromatic nitrogens is 1. The molecule has 1 N–H and O–H groups in total. The predicted octanol–water partition coefficient (Wildman–Crippen LogP) is 3.45. The zero-order chi connectivity index (χ0) is 11.5. The van der Waals surface area contributed by atoms with Gasteiger partial charge < -0.3 is 4.98 Å². The summed E-state index contributed by atoms with van der Waals surface area (Å²) in [5, 5.41) is 0. The fraction of sp³-hybridized carbons (Fsp3) is 0.0714. The first-order chi connectivity index (χ1) is 7.77. The van der Waals surface area contributed by atoms with Crippen LogP contribution in [0.3, 0.4) is 0 Å². The van der Waals surface area contributed by atoms with Crippen molar-refractivity contribution < 1.29 is 4.79 Å². The Morgan fingerprint density at radius 3 is 2.50 bits per heavy atom. The molecule has 0 atom stereocenters. The van der Waals surface area contributed by atoms with Crippen LogP contribution >= 0.6 is 0 Å². The number of benzene rings is 1. The van der Waals surface area contributed by atoms with Gasteiger partial charge in [-0.25, -0.2) is 0 Å². The first-order valence-electron chi connectivity index (χ1n) is 5.13. The second-order valence-corrected chi connectivity index (χ2v) is 3.64. The van der Waals surface area contributed by atoms with E-state index in [0.29, 0.717) is 5.69 Å². The maximum Gasteiger partial charge on any atom is 0.166 e. The molecule has 0 aliphatic carbocycles. The van der Waals surface area contributed by atoms with Crippen molar-refractivity contribution in [1.82, 2.24) is 4.98 Å². The summed E-state index contributed by atoms with van der Waals surface area (Å²) < 4.78 is 0. The highest BCUT2D eigenvalue weighted by molar-refractivity contribution is 5.84. The third-order valence-corrected chi connectivity index (χ3v) is 2.72. The zero-order valence-electron chi connectivity index (χ0n) is 9.16. The molecule has 0 amide bonds. The van der Waals surface area contributed by atoms with Crippen LogP contribution in [0.4, 0.5) is 0 Å². The van der Waals surface area contributed by atoms with Crippen molar-refractivity contribution in [2.75, 3.05) is 0 Å². The van der Waals surface area contributed by atoms with Crippen molar-refractivity contribution in [2.45, 2.75) is 6.92 Å². The highest BCUT2D eigenvalue weighted by Crippen LogP contribution is 2.27. The largest absolute Gasteiger partial charge is 0.352 e. The first-order valence-corrected chi connectivity index (χ1v) is 5.13. The lowest BCUT2D eigenvalue weighted by Crippen LogP contribution is -1.81. The summed E-state index contributed by atoms with van der Waals surface area (Å²) in [7, 11) is 0. The van der Waals surface area contributed by atoms with Gasteiger partial charge in [-0.3, -0.25) is 4.79 Å². The van der Waals surface area contributed by atoms with E-state index in [2.05, 4.69) is 11.6 Å². The van der Waals surface area contributed by atoms with Crippen molar-refractivity contribution in [3.8, 4) is 11.3 Å². The number of aromatic amines is 1. The Morgan fingerprint density at radius 2 is 1.94 bits per heavy atom. The number of hydrogen-bond donors (Lipinski definition) is 1. The lowest BCUT2D eigenvalue weighted by atomic mass is 10.1. The maximum atomic E-state index is 10.9. The molecule has 0 unspecified atom stereocenters. The average molecular weight is 211 g/mol. The van der Waals surface area contributed by atoms with Crippen molar-refractivity contribution >= 4 is 12.4 Å². The Balaban J connectivity index is 2.65. The third kappa shape index (κ3) is 1.58. The van der Waals surface area contributed by atoms with E-state index in [4.69, 9.17) is 0 Å². The molecule has 80 valence electrons. The molecule has 0 spiro atoms. The summed E-state index contributed by atoms with van der Waals surface area (Å²) in [6.45, 7) is 5.71. The fourth-order valence-electron chi connectivity index (χ4n) is 1.83. The summed E-state index contributed by atoms with van der Waals surface area (Å²) in [6, 6.07) is 9.92. The van der Waals surface area contributed by atoms with E-state index in [1.54, 1.807) is 6.08 Å². The molecule has 0 bridgehead atoms. The Labute approximate surface area is 94.6 Å². The van der Waals surface area contributed by atoms with Crippen LogP contribution in [0.25, 0.3) is 17.3 Å². The van der Waals surface area contributed by atoms with Crippen LogP contribution in [0.1, 0.15) is 21.6 Å². The second kappa shape index (κ2) is 4.19. The first kappa shape index (κ1) is 10.4. The van der Waals surface area contributed by atoms with Crippen molar-refractivity contribution in [3.05, 3.63) is 53.7 Å². The summed E-state index contributed by atoms with van der Waals surface area (Å²) in [4.78, 5) is 14.0. The Kier molecular flexibility index (Phi) is 2.73. The van der Waals surface area contributed by atoms with Crippen LogP contribution in [0, 0.1) is 6.92 Å². The minimum absolute atomic E-state index is 0.619. The van der Waals surface area contributed by atoms with Crippen molar-refractivity contribution in [3.63, 3.8) is 0 Å². The van der Waals surface area contributed by atoms with E-state index in [0.717, 1.165) is 28.7 Å². The van der Waals surface area contributed by atoms with Crippen LogP contribution in [0.5, 0.6) is 0 Å². The van der Waals surface area contributed by atoms with Crippen LogP contribution in [-0.2, 0) is 0 Å². The SMILES string of the molecule is C=Cc1c(-c2ccccc2)[nH]c(C=O)c1C. The van der Waals surface area contributed by atoms with Gasteiger partial charge >= 0.3 is 0 Å². The van der Waals surface area contributed by atoms with Gasteiger partial charge in [0.2, 0.25) is 0 Å². The molecule has 2 heteroatoms. The molecular weight excluding hydrogens is 198 g/mol. The van der Waals surface area contributed by atoms with Gasteiger partial charge in [-0.15, -0.1) is 0 Å². The van der Waals surface area contributed by atoms with Gasteiger partial charge in [-0.2, -0.15) is 0 Å². The average Bonchev–Trinajstić information content (AvgIpc) is 2.66. The highest BCUT2D eigenvalue weighted by atomic mass is 16.1. The summed E-state index contributed by atoms with van der Waals surface area (Å²) >= 11 is 0. The van der Waals surface area contributed by atoms with Gasteiger partial charge in [-0.05, 0) is 18.1 Å². The molecule has 16 heavy (non-hydrogen) atoms. The Hall–Kier alpha value is -2.09. The quantitative estimate of drug-likeness (QED) is 0.775. The molecule has 0 aliphatic heterocycles. The number of H-pyrrole nitrogens is 1. The summed E-state index contributed by atoms with van der Waals surface area (Å²) in [5.41, 5.74) is 4.58. The molecule has 0 saturated carbocycles. The zero-order valence-corrected chi connectivity index (χ0v) is 9.16. The monoisotopic (exact) mass is 211 g/mol. The molecule has 1 aromatic heterocycles. The van der Waals surface area contributed by atoms with Gasteiger partial charge in [0.1, 0.15) is 0 Å². The predicted molar refractivity (Wildman–Crippen MR) is 66.4 cm³/mol. The second-order valence-electron chi connectivity index (χ2n) is 3.64. The molecule has 0 saturated heterocycles. The fourth-order valence-corrected chi connectivity index (χ4v) is 1.83. The topological polar surface area (TPSA) is 32.9 Å². The molecular formula is C14H13NO. The van der Waals surface area contributed by atoms with Crippen molar-refractivity contribution in [1.29, 1.82) is 0 Å². The minimum atomic E-state index is 0.619. The Morgan fingerprint density at radius 1 is 1.25 bits per heavy atom. The van der Waals surface area contributed by atoms with Crippen LogP contribution in [0.15, 0.2) is 36.9 Å². The molecule has 1 aromatic carbocycles. The standard InChI is InChI=1S/C14H13NO/c1-3-12-10(2)13(9-16)15-14(12)11-7-5-4-6-8-11/h3-9,15H,1H2,2H3. The third-order valence-electron chi connectivity index (χ3n) is 2.72. The smallest absolute Gasteiger partial charge is 0.166 e. The minimum Gasteiger partial charge on any atom is -0.352 e. The summed E-state index contributed by atoms with van der Waals surface area (Å²) in [5.74, 6) is 0. The number of nitrogens with one attached hydrogen (secondary N) is 1. The van der Waals surface area contributed by atoms with Gasteiger partial charge in [-0.1, -0.05) is 43.0 Å². The van der Waals surface area contributed by atoms with Crippen LogP contribution in [-0.4, -0.2) is 11.3 Å². The van der Waals surface area contributed by atoms with Gasteiger partial charge in [0, 0.05) is 5.56 Å². The number of carbonyl (C=O) groups excluding carboxylic acids is 1. The van der Waals surface area contributed by atoms with Crippen LogP contribution < -0.4 is 0 Å². The van der Waals surface area contributed by atoms with E-state index < -0.39 is 0 Å². The number of carbonyl (C=O) groups is 1. The Bertz CT molecular complexity index is 523. The van der Waals surface area contributed by atoms with E-state index in [1.807, 2.05) is 37.3 Å². The van der Waals surface area contributed by atoms with Gasteiger partial charge in [0.05, 0.1) is 11.4 Å². The van der Waals surface area contributed by atoms with Crippen LogP contribution in [0.2, 0.25) is 0 Å².